The van der Waals surface area contributed by atoms with Crippen LogP contribution in [-0.4, -0.2) is 70.2 Å². The highest BCUT2D eigenvalue weighted by Crippen LogP contribution is 2.38. The first-order valence-corrected chi connectivity index (χ1v) is 9.71. The quantitative estimate of drug-likeness (QED) is 0.470. The number of amides is 1. The molecule has 0 aliphatic carbocycles. The third-order valence-corrected chi connectivity index (χ3v) is 5.51. The first kappa shape index (κ1) is 22.5. The maximum absolute atomic E-state index is 11.9. The predicted octanol–water partition coefficient (Wildman–Crippen LogP) is 0.935. The third kappa shape index (κ3) is 4.15. The lowest BCUT2D eigenvalue weighted by Crippen LogP contribution is -2.66. The monoisotopic (exact) mass is 437 g/mol. The van der Waals surface area contributed by atoms with E-state index in [0.29, 0.717) is 16.7 Å². The number of hydrogen-bond acceptors (Lipinski definition) is 7. The van der Waals surface area contributed by atoms with Crippen LogP contribution in [-0.2, 0) is 4.74 Å². The van der Waals surface area contributed by atoms with E-state index >= 15 is 0 Å². The van der Waals surface area contributed by atoms with Gasteiger partial charge in [0.05, 0.1) is 11.6 Å². The molecule has 0 spiro atoms. The fraction of sp³-hybridized carbons (Fsp3) is 0.381. The summed E-state index contributed by atoms with van der Waals surface area (Å²) in [5.74, 6) is -0.0836. The molecule has 5 atom stereocenters. The first-order valence-electron chi connectivity index (χ1n) is 9.33. The van der Waals surface area contributed by atoms with Gasteiger partial charge in [0.15, 0.2) is 5.60 Å². The Morgan fingerprint density at radius 2 is 1.97 bits per heavy atom. The Morgan fingerprint density at radius 3 is 2.63 bits per heavy atom. The first-order chi connectivity index (χ1) is 14.2. The Labute approximate surface area is 178 Å². The third-order valence-electron chi connectivity index (χ3n) is 5.12. The standard InChI is InChI=1S/C21H24ClNO7/c1-21(28)18(26)17(25)15(10-24)30-20(21)29-14-8-4-7-13(16(14)22)11-5-3-6-12(9-11)19(27)23-2/h3-9,15,17-18,20,24-26,28H,10H2,1-2H3,(H,23,27)/t15-,17-,18+,20?,21+/m1/s1. The van der Waals surface area contributed by atoms with Crippen molar-refractivity contribution in [1.82, 2.24) is 5.32 Å². The molecule has 1 fully saturated rings. The van der Waals surface area contributed by atoms with Crippen molar-refractivity contribution in [2.24, 2.45) is 0 Å². The fourth-order valence-corrected chi connectivity index (χ4v) is 3.56. The van der Waals surface area contributed by atoms with Crippen LogP contribution in [0.1, 0.15) is 17.3 Å². The number of aliphatic hydroxyl groups is 4. The zero-order valence-corrected chi connectivity index (χ0v) is 17.2. The van der Waals surface area contributed by atoms with Gasteiger partial charge in [0.1, 0.15) is 24.1 Å². The summed E-state index contributed by atoms with van der Waals surface area (Å²) in [5, 5.41) is 43.0. The molecule has 1 heterocycles. The maximum atomic E-state index is 11.9. The highest BCUT2D eigenvalue weighted by molar-refractivity contribution is 6.34. The number of carbonyl (C=O) groups is 1. The van der Waals surface area contributed by atoms with E-state index in [-0.39, 0.29) is 16.7 Å². The van der Waals surface area contributed by atoms with Crippen LogP contribution in [0, 0.1) is 0 Å². The van der Waals surface area contributed by atoms with Crippen molar-refractivity contribution in [3.63, 3.8) is 0 Å². The Balaban J connectivity index is 1.93. The summed E-state index contributed by atoms with van der Waals surface area (Å²) < 4.78 is 11.2. The minimum atomic E-state index is -1.97. The molecule has 162 valence electrons. The van der Waals surface area contributed by atoms with Crippen LogP contribution < -0.4 is 10.1 Å². The molecule has 5 N–H and O–H groups in total. The van der Waals surface area contributed by atoms with E-state index in [4.69, 9.17) is 21.1 Å². The molecule has 2 aromatic carbocycles. The molecule has 0 aromatic heterocycles. The van der Waals surface area contributed by atoms with E-state index in [0.717, 1.165) is 0 Å². The zero-order chi connectivity index (χ0) is 22.1. The average molecular weight is 438 g/mol. The SMILES string of the molecule is CNC(=O)c1cccc(-c2cccc(OC3O[C@H](CO)[C@@H](O)[C@H](O)[C@]3(C)O)c2Cl)c1. The van der Waals surface area contributed by atoms with Crippen LogP contribution in [0.2, 0.25) is 5.02 Å². The number of ether oxygens (including phenoxy) is 2. The maximum Gasteiger partial charge on any atom is 0.251 e. The summed E-state index contributed by atoms with van der Waals surface area (Å²) in [6.07, 6.45) is -5.65. The minimum Gasteiger partial charge on any atom is -0.460 e. The highest BCUT2D eigenvalue weighted by atomic mass is 35.5. The van der Waals surface area contributed by atoms with Gasteiger partial charge in [-0.25, -0.2) is 0 Å². The zero-order valence-electron chi connectivity index (χ0n) is 16.4. The van der Waals surface area contributed by atoms with Crippen molar-refractivity contribution in [2.75, 3.05) is 13.7 Å². The van der Waals surface area contributed by atoms with Crippen molar-refractivity contribution in [1.29, 1.82) is 0 Å². The molecular formula is C21H24ClNO7. The van der Waals surface area contributed by atoms with Crippen molar-refractivity contribution < 1.29 is 34.7 Å². The largest absolute Gasteiger partial charge is 0.460 e. The van der Waals surface area contributed by atoms with Crippen LogP contribution in [0.5, 0.6) is 5.75 Å². The fourth-order valence-electron chi connectivity index (χ4n) is 3.28. The van der Waals surface area contributed by atoms with E-state index in [9.17, 15) is 25.2 Å². The highest BCUT2D eigenvalue weighted by Gasteiger charge is 2.53. The van der Waals surface area contributed by atoms with Gasteiger partial charge >= 0.3 is 0 Å². The van der Waals surface area contributed by atoms with E-state index < -0.39 is 36.8 Å². The Hall–Kier alpha value is -2.20. The number of benzene rings is 2. The van der Waals surface area contributed by atoms with Crippen LogP contribution in [0.3, 0.4) is 0 Å². The van der Waals surface area contributed by atoms with Gasteiger partial charge in [0.2, 0.25) is 6.29 Å². The predicted molar refractivity (Wildman–Crippen MR) is 109 cm³/mol. The number of aliphatic hydroxyl groups excluding tert-OH is 3. The number of halogens is 1. The second-order valence-corrected chi connectivity index (χ2v) is 7.62. The van der Waals surface area contributed by atoms with Crippen LogP contribution >= 0.6 is 11.6 Å². The summed E-state index contributed by atoms with van der Waals surface area (Å²) >= 11 is 6.53. The molecule has 1 aliphatic heterocycles. The molecule has 0 saturated carbocycles. The Bertz CT molecular complexity index is 920. The molecule has 3 rings (SSSR count). The lowest BCUT2D eigenvalue weighted by molar-refractivity contribution is -0.314. The van der Waals surface area contributed by atoms with Crippen LogP contribution in [0.25, 0.3) is 11.1 Å². The summed E-state index contributed by atoms with van der Waals surface area (Å²) in [5.41, 5.74) is -0.260. The van der Waals surface area contributed by atoms with Crippen LogP contribution in [0.4, 0.5) is 0 Å². The molecule has 8 nitrogen and oxygen atoms in total. The number of hydrogen-bond donors (Lipinski definition) is 5. The van der Waals surface area contributed by atoms with E-state index in [1.165, 1.54) is 14.0 Å². The smallest absolute Gasteiger partial charge is 0.251 e. The lowest BCUT2D eigenvalue weighted by Gasteiger charge is -2.45. The van der Waals surface area contributed by atoms with Gasteiger partial charge in [0, 0.05) is 18.2 Å². The molecule has 0 radical (unpaired) electrons. The summed E-state index contributed by atoms with van der Waals surface area (Å²) in [4.78, 5) is 11.9. The molecule has 1 aliphatic rings. The normalized spacial score (nSPS) is 28.8. The second-order valence-electron chi connectivity index (χ2n) is 7.25. The number of rotatable bonds is 5. The molecule has 9 heteroatoms. The molecule has 1 unspecified atom stereocenters. The second kappa shape index (κ2) is 8.89. The van der Waals surface area contributed by atoms with E-state index in [1.54, 1.807) is 42.5 Å². The van der Waals surface area contributed by atoms with Crippen molar-refractivity contribution >= 4 is 17.5 Å². The Morgan fingerprint density at radius 1 is 1.27 bits per heavy atom. The molecule has 2 aromatic rings. The van der Waals surface area contributed by atoms with Gasteiger partial charge in [0.25, 0.3) is 5.91 Å². The van der Waals surface area contributed by atoms with Gasteiger partial charge in [-0.05, 0) is 30.7 Å². The summed E-state index contributed by atoms with van der Waals surface area (Å²) in [6.45, 7) is 0.679. The lowest BCUT2D eigenvalue weighted by atomic mass is 9.88. The minimum absolute atomic E-state index is 0.157. The molecule has 1 amide bonds. The van der Waals surface area contributed by atoms with Gasteiger partial charge in [-0.3, -0.25) is 4.79 Å². The van der Waals surface area contributed by atoms with Gasteiger partial charge in [-0.2, -0.15) is 0 Å². The number of carbonyl (C=O) groups excluding carboxylic acids is 1. The van der Waals surface area contributed by atoms with Gasteiger partial charge < -0.3 is 35.2 Å². The average Bonchev–Trinajstić information content (AvgIpc) is 2.75. The van der Waals surface area contributed by atoms with Gasteiger partial charge in [-0.15, -0.1) is 0 Å². The van der Waals surface area contributed by atoms with Gasteiger partial charge in [-0.1, -0.05) is 35.9 Å². The Kier molecular flexibility index (Phi) is 6.66. The van der Waals surface area contributed by atoms with E-state index in [1.807, 2.05) is 0 Å². The molecule has 1 saturated heterocycles. The van der Waals surface area contributed by atoms with Crippen molar-refractivity contribution in [2.45, 2.75) is 37.1 Å². The van der Waals surface area contributed by atoms with Crippen molar-refractivity contribution in [3.05, 3.63) is 53.1 Å². The summed E-state index contributed by atoms with van der Waals surface area (Å²) in [6, 6.07) is 11.8. The topological polar surface area (TPSA) is 128 Å². The molecular weight excluding hydrogens is 414 g/mol. The number of nitrogens with one attached hydrogen (secondary N) is 1. The van der Waals surface area contributed by atoms with Crippen molar-refractivity contribution in [3.8, 4) is 16.9 Å². The molecule has 30 heavy (non-hydrogen) atoms. The van der Waals surface area contributed by atoms with E-state index in [2.05, 4.69) is 5.32 Å². The molecule has 0 bridgehead atoms. The summed E-state index contributed by atoms with van der Waals surface area (Å²) in [7, 11) is 1.54. The van der Waals surface area contributed by atoms with Crippen LogP contribution in [0.15, 0.2) is 42.5 Å².